The number of nitrogens with one attached hydrogen (secondary N) is 1. The average molecular weight is 461 g/mol. The summed E-state index contributed by atoms with van der Waals surface area (Å²) in [7, 11) is 1.58. The van der Waals surface area contributed by atoms with E-state index in [4.69, 9.17) is 4.74 Å². The number of nitrogens with zero attached hydrogens (tertiary/aromatic N) is 1. The third-order valence-corrected chi connectivity index (χ3v) is 6.52. The molecule has 3 aromatic rings. The van der Waals surface area contributed by atoms with E-state index in [0.29, 0.717) is 36.4 Å². The molecule has 2 amide bonds. The molecule has 34 heavy (non-hydrogen) atoms. The highest BCUT2D eigenvalue weighted by molar-refractivity contribution is 5.96. The van der Waals surface area contributed by atoms with Gasteiger partial charge >= 0.3 is 0 Å². The van der Waals surface area contributed by atoms with Crippen LogP contribution in [0.5, 0.6) is 5.75 Å². The van der Waals surface area contributed by atoms with E-state index in [0.717, 1.165) is 16.7 Å². The predicted molar refractivity (Wildman–Crippen MR) is 125 cm³/mol. The van der Waals surface area contributed by atoms with Gasteiger partial charge in [0.1, 0.15) is 23.6 Å². The number of amides is 2. The quantitative estimate of drug-likeness (QED) is 0.623. The number of hydrogen-bond donors (Lipinski definition) is 2. The van der Waals surface area contributed by atoms with E-state index in [-0.39, 0.29) is 17.6 Å². The van der Waals surface area contributed by atoms with Crippen LogP contribution in [0.15, 0.2) is 66.7 Å². The Morgan fingerprint density at radius 3 is 2.53 bits per heavy atom. The van der Waals surface area contributed by atoms with Crippen LogP contribution in [0.4, 0.5) is 4.39 Å². The van der Waals surface area contributed by atoms with Crippen LogP contribution < -0.4 is 10.1 Å². The zero-order valence-electron chi connectivity index (χ0n) is 18.7. The van der Waals surface area contributed by atoms with Crippen LogP contribution in [0.25, 0.3) is 11.1 Å². The monoisotopic (exact) mass is 460 g/mol. The lowest BCUT2D eigenvalue weighted by molar-refractivity contribution is -0.123. The maximum absolute atomic E-state index is 13.4. The van der Waals surface area contributed by atoms with Gasteiger partial charge in [0.05, 0.1) is 6.10 Å². The van der Waals surface area contributed by atoms with Crippen LogP contribution in [0.3, 0.4) is 0 Å². The van der Waals surface area contributed by atoms with Gasteiger partial charge < -0.3 is 20.1 Å². The van der Waals surface area contributed by atoms with E-state index in [1.165, 1.54) is 12.1 Å². The zero-order chi connectivity index (χ0) is 23.8. The number of likely N-dealkylation sites (N-methyl/N-ethyl adjacent to an activating group) is 1. The van der Waals surface area contributed by atoms with Crippen LogP contribution in [-0.2, 0) is 4.79 Å². The van der Waals surface area contributed by atoms with Gasteiger partial charge in [0.2, 0.25) is 5.91 Å². The average Bonchev–Trinajstić information content (AvgIpc) is 3.47. The standard InChI is InChI=1S/C27H25FN2O4/c1-29-26(32)24-22-14-18(7-10-23(22)34-25(24)16-5-8-20(28)9-6-16)17-3-2-4-19(13-17)27(33)30-12-11-21(31)15-30/h2-10,13-14,21,24-25,31H,11-12,15H2,1H3,(H,29,32)/t21-,24?,25?/m1/s1. The maximum atomic E-state index is 13.4. The first-order valence-corrected chi connectivity index (χ1v) is 11.3. The number of carbonyl (C=O) groups is 2. The Morgan fingerprint density at radius 1 is 1.06 bits per heavy atom. The highest BCUT2D eigenvalue weighted by atomic mass is 19.1. The van der Waals surface area contributed by atoms with Crippen molar-refractivity contribution < 1.29 is 23.8 Å². The van der Waals surface area contributed by atoms with Gasteiger partial charge in [0.15, 0.2) is 0 Å². The van der Waals surface area contributed by atoms with E-state index in [1.54, 1.807) is 30.1 Å². The van der Waals surface area contributed by atoms with Crippen LogP contribution in [0.1, 0.15) is 39.9 Å². The van der Waals surface area contributed by atoms with Gasteiger partial charge in [-0.3, -0.25) is 9.59 Å². The maximum Gasteiger partial charge on any atom is 0.253 e. The van der Waals surface area contributed by atoms with Gasteiger partial charge in [0.25, 0.3) is 5.91 Å². The molecule has 0 spiro atoms. The lowest BCUT2D eigenvalue weighted by Crippen LogP contribution is -2.29. The molecule has 2 aliphatic heterocycles. The van der Waals surface area contributed by atoms with Crippen molar-refractivity contribution in [3.63, 3.8) is 0 Å². The molecule has 3 aromatic carbocycles. The molecule has 2 N–H and O–H groups in total. The number of carbonyl (C=O) groups excluding carboxylic acids is 2. The Labute approximate surface area is 197 Å². The number of hydrogen-bond acceptors (Lipinski definition) is 4. The molecule has 0 saturated carbocycles. The largest absolute Gasteiger partial charge is 0.484 e. The van der Waals surface area contributed by atoms with Crippen LogP contribution in [0.2, 0.25) is 0 Å². The molecule has 2 heterocycles. The lowest BCUT2D eigenvalue weighted by Gasteiger charge is -2.18. The summed E-state index contributed by atoms with van der Waals surface area (Å²) in [5, 5.41) is 12.5. The molecule has 2 unspecified atom stereocenters. The zero-order valence-corrected chi connectivity index (χ0v) is 18.7. The number of fused-ring (bicyclic) bond motifs is 1. The Balaban J connectivity index is 1.48. The lowest BCUT2D eigenvalue weighted by atomic mass is 9.88. The number of β-amino-alcohol motifs (C(OH)–C–C–N with tert-alkyl or cyclic N) is 1. The summed E-state index contributed by atoms with van der Waals surface area (Å²) in [6, 6.07) is 19.0. The summed E-state index contributed by atoms with van der Waals surface area (Å²) in [5.41, 5.74) is 3.70. The predicted octanol–water partition coefficient (Wildman–Crippen LogP) is 3.66. The first-order valence-electron chi connectivity index (χ1n) is 11.3. The Hall–Kier alpha value is -3.71. The van der Waals surface area contributed by atoms with Crippen LogP contribution in [0, 0.1) is 5.82 Å². The smallest absolute Gasteiger partial charge is 0.253 e. The molecule has 1 fully saturated rings. The number of likely N-dealkylation sites (tertiary alicyclic amines) is 1. The number of halogens is 1. The number of aliphatic hydroxyl groups excluding tert-OH is 1. The number of rotatable bonds is 4. The van der Waals surface area contributed by atoms with Crippen molar-refractivity contribution >= 4 is 11.8 Å². The second-order valence-electron chi connectivity index (χ2n) is 8.71. The van der Waals surface area contributed by atoms with Gasteiger partial charge in [-0.25, -0.2) is 4.39 Å². The highest BCUT2D eigenvalue weighted by Gasteiger charge is 2.40. The van der Waals surface area contributed by atoms with E-state index in [1.807, 2.05) is 36.4 Å². The van der Waals surface area contributed by atoms with Crippen molar-refractivity contribution in [2.24, 2.45) is 0 Å². The second kappa shape index (κ2) is 8.91. The van der Waals surface area contributed by atoms with E-state index < -0.39 is 18.1 Å². The fourth-order valence-electron chi connectivity index (χ4n) is 4.73. The van der Waals surface area contributed by atoms with Gasteiger partial charge in [-0.2, -0.15) is 0 Å². The molecule has 2 aliphatic rings. The Bertz CT molecular complexity index is 1240. The third kappa shape index (κ3) is 4.03. The minimum Gasteiger partial charge on any atom is -0.484 e. The summed E-state index contributed by atoms with van der Waals surface area (Å²) >= 11 is 0. The molecule has 174 valence electrons. The number of benzene rings is 3. The molecule has 5 rings (SSSR count). The molecule has 0 bridgehead atoms. The van der Waals surface area contributed by atoms with Crippen LogP contribution in [-0.4, -0.2) is 48.1 Å². The van der Waals surface area contributed by atoms with Crippen molar-refractivity contribution in [1.29, 1.82) is 0 Å². The number of ether oxygens (including phenoxy) is 1. The van der Waals surface area contributed by atoms with Crippen molar-refractivity contribution in [3.8, 4) is 16.9 Å². The van der Waals surface area contributed by atoms with Crippen LogP contribution >= 0.6 is 0 Å². The summed E-state index contributed by atoms with van der Waals surface area (Å²) in [4.78, 5) is 27.4. The molecule has 1 saturated heterocycles. The van der Waals surface area contributed by atoms with Gasteiger partial charge in [-0.15, -0.1) is 0 Å². The van der Waals surface area contributed by atoms with Crippen molar-refractivity contribution in [1.82, 2.24) is 10.2 Å². The minimum absolute atomic E-state index is 0.109. The van der Waals surface area contributed by atoms with Crippen molar-refractivity contribution in [3.05, 3.63) is 89.2 Å². The van der Waals surface area contributed by atoms with E-state index >= 15 is 0 Å². The fourth-order valence-corrected chi connectivity index (χ4v) is 4.73. The molecule has 0 radical (unpaired) electrons. The first kappa shape index (κ1) is 22.1. The number of aliphatic hydroxyl groups is 1. The minimum atomic E-state index is -0.596. The summed E-state index contributed by atoms with van der Waals surface area (Å²) in [6.07, 6.45) is -0.452. The normalized spacial score (nSPS) is 21.1. The topological polar surface area (TPSA) is 78.9 Å². The molecule has 6 nitrogen and oxygen atoms in total. The molecular formula is C27H25FN2O4. The van der Waals surface area contributed by atoms with Gasteiger partial charge in [-0.1, -0.05) is 30.3 Å². The summed E-state index contributed by atoms with van der Waals surface area (Å²) in [5.74, 6) is -0.647. The summed E-state index contributed by atoms with van der Waals surface area (Å²) < 4.78 is 19.6. The fraction of sp³-hybridized carbons (Fsp3) is 0.259. The van der Waals surface area contributed by atoms with Crippen molar-refractivity contribution in [2.75, 3.05) is 20.1 Å². The Kier molecular flexibility index (Phi) is 5.79. The highest BCUT2D eigenvalue weighted by Crippen LogP contribution is 2.47. The van der Waals surface area contributed by atoms with E-state index in [2.05, 4.69) is 5.32 Å². The van der Waals surface area contributed by atoms with Gasteiger partial charge in [0, 0.05) is 31.3 Å². The molecule has 0 aliphatic carbocycles. The van der Waals surface area contributed by atoms with Crippen molar-refractivity contribution in [2.45, 2.75) is 24.5 Å². The molecule has 7 heteroatoms. The molecule has 3 atom stereocenters. The summed E-state index contributed by atoms with van der Waals surface area (Å²) in [6.45, 7) is 0.886. The molecular weight excluding hydrogens is 435 g/mol. The molecule has 0 aromatic heterocycles. The first-order chi connectivity index (χ1) is 16.4. The SMILES string of the molecule is CNC(=O)C1c2cc(-c3cccc(C(=O)N4CC[C@@H](O)C4)c3)ccc2OC1c1ccc(F)cc1. The van der Waals surface area contributed by atoms with E-state index in [9.17, 15) is 19.1 Å². The Morgan fingerprint density at radius 2 is 1.82 bits per heavy atom. The third-order valence-electron chi connectivity index (χ3n) is 6.52. The second-order valence-corrected chi connectivity index (χ2v) is 8.71. The van der Waals surface area contributed by atoms with Gasteiger partial charge in [-0.05, 0) is 59.5 Å².